The predicted molar refractivity (Wildman–Crippen MR) is 62.4 cm³/mol. The number of para-hydroxylation sites is 1. The van der Waals surface area contributed by atoms with E-state index < -0.39 is 0 Å². The van der Waals surface area contributed by atoms with Crippen LogP contribution in [-0.2, 0) is 11.2 Å². The first kappa shape index (κ1) is 10.5. The number of hydrogen-bond donors (Lipinski definition) is 1. The Labute approximate surface area is 94.4 Å². The zero-order valence-corrected chi connectivity index (χ0v) is 9.14. The second kappa shape index (κ2) is 4.70. The van der Waals surface area contributed by atoms with Gasteiger partial charge in [-0.05, 0) is 6.07 Å². The van der Waals surface area contributed by atoms with Crippen LogP contribution in [0.1, 0.15) is 5.56 Å². The average Bonchev–Trinajstić information content (AvgIpc) is 2.33. The largest absolute Gasteiger partial charge is 0.496 e. The summed E-state index contributed by atoms with van der Waals surface area (Å²) in [6, 6.07) is 7.84. The minimum atomic E-state index is 0.362. The summed E-state index contributed by atoms with van der Waals surface area (Å²) in [5.74, 6) is 2.16. The smallest absolute Gasteiger partial charge is 0.145 e. The predicted octanol–water partition coefficient (Wildman–Crippen LogP) is 1.47. The normalized spacial score (nSPS) is 14.8. The van der Waals surface area contributed by atoms with E-state index in [0.29, 0.717) is 18.9 Å². The summed E-state index contributed by atoms with van der Waals surface area (Å²) in [4.78, 5) is 4.03. The second-order valence-corrected chi connectivity index (χ2v) is 3.49. The fraction of sp³-hybridized carbons (Fsp3) is 0.250. The van der Waals surface area contributed by atoms with E-state index >= 15 is 0 Å². The molecule has 1 aliphatic heterocycles. The van der Waals surface area contributed by atoms with Gasteiger partial charge in [-0.15, -0.1) is 0 Å². The van der Waals surface area contributed by atoms with Gasteiger partial charge in [0.1, 0.15) is 24.0 Å². The van der Waals surface area contributed by atoms with E-state index in [0.717, 1.165) is 17.1 Å². The minimum Gasteiger partial charge on any atom is -0.496 e. The molecule has 84 valence electrons. The molecule has 1 aliphatic rings. The van der Waals surface area contributed by atoms with Gasteiger partial charge in [0.05, 0.1) is 13.3 Å². The van der Waals surface area contributed by atoms with Crippen molar-refractivity contribution in [3.05, 3.63) is 41.8 Å². The van der Waals surface area contributed by atoms with Crippen molar-refractivity contribution in [2.24, 2.45) is 10.7 Å². The first-order valence-corrected chi connectivity index (χ1v) is 5.05. The lowest BCUT2D eigenvalue weighted by Gasteiger charge is -2.14. The molecule has 0 spiro atoms. The van der Waals surface area contributed by atoms with Crippen molar-refractivity contribution in [2.45, 2.75) is 6.42 Å². The highest BCUT2D eigenvalue weighted by Gasteiger charge is 2.09. The Kier molecular flexibility index (Phi) is 3.10. The van der Waals surface area contributed by atoms with Crippen molar-refractivity contribution in [3.8, 4) is 5.75 Å². The standard InChI is InChI=1S/C12H14N2O2/c1-15-11-5-3-2-4-9(11)6-10-7-14-12(13)8-16-10/h2-5,7H,6,8H2,1H3,(H2,13,14). The van der Waals surface area contributed by atoms with Crippen molar-refractivity contribution in [1.82, 2.24) is 0 Å². The summed E-state index contributed by atoms with van der Waals surface area (Å²) in [6.45, 7) is 0.362. The molecule has 0 radical (unpaired) electrons. The molecule has 2 N–H and O–H groups in total. The minimum absolute atomic E-state index is 0.362. The van der Waals surface area contributed by atoms with E-state index in [1.165, 1.54) is 0 Å². The van der Waals surface area contributed by atoms with E-state index in [9.17, 15) is 0 Å². The van der Waals surface area contributed by atoms with Crippen LogP contribution in [0, 0.1) is 0 Å². The van der Waals surface area contributed by atoms with Crippen molar-refractivity contribution in [2.75, 3.05) is 13.7 Å². The van der Waals surface area contributed by atoms with E-state index in [1.807, 2.05) is 24.3 Å². The van der Waals surface area contributed by atoms with Crippen molar-refractivity contribution in [1.29, 1.82) is 0 Å². The number of amidine groups is 1. The summed E-state index contributed by atoms with van der Waals surface area (Å²) < 4.78 is 10.7. The van der Waals surface area contributed by atoms with Crippen LogP contribution in [0.3, 0.4) is 0 Å². The molecule has 16 heavy (non-hydrogen) atoms. The number of hydrogen-bond acceptors (Lipinski definition) is 4. The molecule has 0 bridgehead atoms. The van der Waals surface area contributed by atoms with Gasteiger partial charge in [-0.2, -0.15) is 0 Å². The number of benzene rings is 1. The maximum absolute atomic E-state index is 5.50. The topological polar surface area (TPSA) is 56.8 Å². The molecule has 0 atom stereocenters. The molecule has 2 rings (SSSR count). The quantitative estimate of drug-likeness (QED) is 0.835. The molecule has 1 aromatic rings. The molecule has 0 aliphatic carbocycles. The Morgan fingerprint density at radius 3 is 2.94 bits per heavy atom. The van der Waals surface area contributed by atoms with Crippen LogP contribution in [0.2, 0.25) is 0 Å². The molecule has 4 nitrogen and oxygen atoms in total. The summed E-state index contributed by atoms with van der Waals surface area (Å²) in [7, 11) is 1.66. The van der Waals surface area contributed by atoms with Gasteiger partial charge in [0, 0.05) is 12.0 Å². The van der Waals surface area contributed by atoms with Gasteiger partial charge in [0.2, 0.25) is 0 Å². The van der Waals surface area contributed by atoms with Crippen LogP contribution in [0.15, 0.2) is 41.2 Å². The Morgan fingerprint density at radius 1 is 1.44 bits per heavy atom. The fourth-order valence-corrected chi connectivity index (χ4v) is 1.53. The third-order valence-corrected chi connectivity index (χ3v) is 2.34. The molecule has 0 saturated carbocycles. The van der Waals surface area contributed by atoms with Crippen molar-refractivity contribution in [3.63, 3.8) is 0 Å². The number of rotatable bonds is 3. The van der Waals surface area contributed by atoms with Crippen LogP contribution in [0.25, 0.3) is 0 Å². The highest BCUT2D eigenvalue weighted by atomic mass is 16.5. The molecular weight excluding hydrogens is 204 g/mol. The lowest BCUT2D eigenvalue weighted by Crippen LogP contribution is -2.21. The molecule has 0 aromatic heterocycles. The van der Waals surface area contributed by atoms with Crippen molar-refractivity contribution >= 4 is 5.84 Å². The number of methoxy groups -OCH3 is 1. The SMILES string of the molecule is COc1ccccc1CC1=CN=C(N)CO1. The number of allylic oxidation sites excluding steroid dienone is 1. The Balaban J connectivity index is 2.15. The molecule has 0 saturated heterocycles. The number of aliphatic imine (C=N–C) groups is 1. The van der Waals surface area contributed by atoms with E-state index in [2.05, 4.69) is 4.99 Å². The molecule has 0 fully saturated rings. The zero-order valence-electron chi connectivity index (χ0n) is 9.14. The molecule has 1 heterocycles. The lowest BCUT2D eigenvalue weighted by molar-refractivity contribution is 0.244. The number of nitrogens with zero attached hydrogens (tertiary/aromatic N) is 1. The second-order valence-electron chi connectivity index (χ2n) is 3.49. The van der Waals surface area contributed by atoms with Crippen LogP contribution < -0.4 is 10.5 Å². The fourth-order valence-electron chi connectivity index (χ4n) is 1.53. The van der Waals surface area contributed by atoms with Crippen LogP contribution >= 0.6 is 0 Å². The van der Waals surface area contributed by atoms with Crippen LogP contribution in [-0.4, -0.2) is 19.6 Å². The van der Waals surface area contributed by atoms with Gasteiger partial charge in [-0.3, -0.25) is 0 Å². The molecule has 0 unspecified atom stereocenters. The van der Waals surface area contributed by atoms with Crippen LogP contribution in [0.4, 0.5) is 0 Å². The molecule has 4 heteroatoms. The Morgan fingerprint density at radius 2 is 2.25 bits per heavy atom. The summed E-state index contributed by atoms with van der Waals surface area (Å²) in [6.07, 6.45) is 2.33. The van der Waals surface area contributed by atoms with E-state index in [4.69, 9.17) is 15.2 Å². The zero-order chi connectivity index (χ0) is 11.4. The van der Waals surface area contributed by atoms with Gasteiger partial charge >= 0.3 is 0 Å². The van der Waals surface area contributed by atoms with Gasteiger partial charge in [0.15, 0.2) is 0 Å². The van der Waals surface area contributed by atoms with Gasteiger partial charge < -0.3 is 15.2 Å². The maximum Gasteiger partial charge on any atom is 0.145 e. The third-order valence-electron chi connectivity index (χ3n) is 2.34. The highest BCUT2D eigenvalue weighted by molar-refractivity contribution is 5.82. The molecule has 1 aromatic carbocycles. The molecular formula is C12H14N2O2. The van der Waals surface area contributed by atoms with Gasteiger partial charge in [-0.1, -0.05) is 18.2 Å². The van der Waals surface area contributed by atoms with E-state index in [1.54, 1.807) is 13.3 Å². The highest BCUT2D eigenvalue weighted by Crippen LogP contribution is 2.21. The van der Waals surface area contributed by atoms with Crippen molar-refractivity contribution < 1.29 is 9.47 Å². The number of ether oxygens (including phenoxy) is 2. The Bertz CT molecular complexity index is 438. The summed E-state index contributed by atoms with van der Waals surface area (Å²) >= 11 is 0. The Hall–Kier alpha value is -1.97. The lowest BCUT2D eigenvalue weighted by atomic mass is 10.1. The number of nitrogens with two attached hydrogens (primary N) is 1. The summed E-state index contributed by atoms with van der Waals surface area (Å²) in [5.41, 5.74) is 6.58. The van der Waals surface area contributed by atoms with Gasteiger partial charge in [0.25, 0.3) is 0 Å². The van der Waals surface area contributed by atoms with E-state index in [-0.39, 0.29) is 0 Å². The monoisotopic (exact) mass is 218 g/mol. The molecule has 0 amide bonds. The first-order chi connectivity index (χ1) is 7.79. The summed E-state index contributed by atoms with van der Waals surface area (Å²) in [5, 5.41) is 0. The van der Waals surface area contributed by atoms with Crippen LogP contribution in [0.5, 0.6) is 5.75 Å². The maximum atomic E-state index is 5.50. The van der Waals surface area contributed by atoms with Gasteiger partial charge in [-0.25, -0.2) is 4.99 Å². The first-order valence-electron chi connectivity index (χ1n) is 5.05. The third kappa shape index (κ3) is 2.34. The average molecular weight is 218 g/mol.